The lowest BCUT2D eigenvalue weighted by atomic mass is 10.0. The summed E-state index contributed by atoms with van der Waals surface area (Å²) in [5, 5.41) is 4.16. The maximum atomic E-state index is 5.41. The molecule has 0 bridgehead atoms. The fourth-order valence-corrected chi connectivity index (χ4v) is 3.26. The zero-order chi connectivity index (χ0) is 14.2. The molecule has 0 radical (unpaired) electrons. The Kier molecular flexibility index (Phi) is 6.22. The van der Waals surface area contributed by atoms with Crippen LogP contribution in [0.5, 0.6) is 0 Å². The van der Waals surface area contributed by atoms with Crippen molar-refractivity contribution >= 4 is 11.8 Å². The standard InChI is InChI=1S/C17H23NOS/c1-3-11-18-17(15-8-5-4-6-9-15)14(2)20-13-16-10-7-12-19-16/h4-10,12,14,17-18H,3,11,13H2,1-2H3. The second-order valence-electron chi connectivity index (χ2n) is 4.94. The van der Waals surface area contributed by atoms with Gasteiger partial charge in [-0.15, -0.1) is 11.8 Å². The third-order valence-electron chi connectivity index (χ3n) is 3.31. The van der Waals surface area contributed by atoms with Gasteiger partial charge in [-0.25, -0.2) is 0 Å². The van der Waals surface area contributed by atoms with Gasteiger partial charge in [0.1, 0.15) is 5.76 Å². The van der Waals surface area contributed by atoms with Crippen molar-refractivity contribution in [1.82, 2.24) is 5.32 Å². The van der Waals surface area contributed by atoms with Gasteiger partial charge in [-0.2, -0.15) is 0 Å². The summed E-state index contributed by atoms with van der Waals surface area (Å²) in [7, 11) is 0. The molecule has 1 heterocycles. The molecule has 2 rings (SSSR count). The fraction of sp³-hybridized carbons (Fsp3) is 0.412. The van der Waals surface area contributed by atoms with Crippen molar-refractivity contribution in [2.75, 3.05) is 6.54 Å². The molecule has 0 aliphatic heterocycles. The highest BCUT2D eigenvalue weighted by atomic mass is 32.2. The van der Waals surface area contributed by atoms with Gasteiger partial charge in [0.2, 0.25) is 0 Å². The first-order valence-corrected chi connectivity index (χ1v) is 8.28. The van der Waals surface area contributed by atoms with Crippen LogP contribution < -0.4 is 5.32 Å². The van der Waals surface area contributed by atoms with Crippen LogP contribution in [-0.4, -0.2) is 11.8 Å². The van der Waals surface area contributed by atoms with Gasteiger partial charge < -0.3 is 9.73 Å². The van der Waals surface area contributed by atoms with Crippen molar-refractivity contribution < 1.29 is 4.42 Å². The molecule has 0 spiro atoms. The minimum absolute atomic E-state index is 0.385. The predicted molar refractivity (Wildman–Crippen MR) is 86.9 cm³/mol. The summed E-state index contributed by atoms with van der Waals surface area (Å²) in [6.07, 6.45) is 2.89. The fourth-order valence-electron chi connectivity index (χ4n) is 2.22. The summed E-state index contributed by atoms with van der Waals surface area (Å²) in [6.45, 7) is 5.54. The number of hydrogen-bond acceptors (Lipinski definition) is 3. The first-order valence-electron chi connectivity index (χ1n) is 7.23. The minimum Gasteiger partial charge on any atom is -0.468 e. The zero-order valence-electron chi connectivity index (χ0n) is 12.2. The highest BCUT2D eigenvalue weighted by Crippen LogP contribution is 2.29. The molecule has 2 unspecified atom stereocenters. The Balaban J connectivity index is 1.98. The summed E-state index contributed by atoms with van der Waals surface area (Å²) in [5.41, 5.74) is 1.36. The lowest BCUT2D eigenvalue weighted by Crippen LogP contribution is -2.29. The Morgan fingerprint density at radius 1 is 1.15 bits per heavy atom. The summed E-state index contributed by atoms with van der Waals surface area (Å²) in [4.78, 5) is 0. The van der Waals surface area contributed by atoms with E-state index in [1.807, 2.05) is 23.9 Å². The molecule has 108 valence electrons. The van der Waals surface area contributed by atoms with E-state index >= 15 is 0 Å². The second kappa shape index (κ2) is 8.18. The monoisotopic (exact) mass is 289 g/mol. The predicted octanol–water partition coefficient (Wildman–Crippen LogP) is 4.64. The Labute approximate surface area is 126 Å². The molecule has 3 heteroatoms. The molecule has 1 aromatic carbocycles. The maximum absolute atomic E-state index is 5.41. The summed E-state index contributed by atoms with van der Waals surface area (Å²) in [5.74, 6) is 1.97. The van der Waals surface area contributed by atoms with Crippen LogP contribution in [0.2, 0.25) is 0 Å². The van der Waals surface area contributed by atoms with E-state index in [1.165, 1.54) is 5.56 Å². The van der Waals surface area contributed by atoms with Crippen LogP contribution in [0, 0.1) is 0 Å². The van der Waals surface area contributed by atoms with Crippen molar-refractivity contribution in [2.24, 2.45) is 0 Å². The second-order valence-corrected chi connectivity index (χ2v) is 6.30. The molecule has 1 N–H and O–H groups in total. The number of thioether (sulfide) groups is 1. The molecule has 0 saturated heterocycles. The van der Waals surface area contributed by atoms with E-state index < -0.39 is 0 Å². The van der Waals surface area contributed by atoms with Gasteiger partial charge in [0.15, 0.2) is 0 Å². The molecule has 0 saturated carbocycles. The van der Waals surface area contributed by atoms with Gasteiger partial charge in [-0.05, 0) is 30.7 Å². The number of rotatable bonds is 8. The molecule has 2 atom stereocenters. The molecule has 0 fully saturated rings. The molecule has 0 amide bonds. The van der Waals surface area contributed by atoms with Crippen LogP contribution in [0.1, 0.15) is 37.6 Å². The van der Waals surface area contributed by atoms with E-state index in [0.717, 1.165) is 24.5 Å². The lowest BCUT2D eigenvalue weighted by Gasteiger charge is -2.25. The summed E-state index contributed by atoms with van der Waals surface area (Å²) >= 11 is 1.93. The number of furan rings is 1. The van der Waals surface area contributed by atoms with Gasteiger partial charge in [0.05, 0.1) is 12.0 Å². The SMILES string of the molecule is CCCNC(c1ccccc1)C(C)SCc1ccco1. The smallest absolute Gasteiger partial charge is 0.113 e. The summed E-state index contributed by atoms with van der Waals surface area (Å²) in [6, 6.07) is 15.1. The first kappa shape index (κ1) is 15.2. The molecule has 2 nitrogen and oxygen atoms in total. The summed E-state index contributed by atoms with van der Waals surface area (Å²) < 4.78 is 5.41. The van der Waals surface area contributed by atoms with E-state index in [-0.39, 0.29) is 0 Å². The first-order chi connectivity index (χ1) is 9.81. The molecule has 1 aromatic heterocycles. The van der Waals surface area contributed by atoms with Gasteiger partial charge in [-0.3, -0.25) is 0 Å². The molecule has 20 heavy (non-hydrogen) atoms. The zero-order valence-corrected chi connectivity index (χ0v) is 13.0. The Bertz CT molecular complexity index is 469. The van der Waals surface area contributed by atoms with Crippen molar-refractivity contribution in [1.29, 1.82) is 0 Å². The van der Waals surface area contributed by atoms with E-state index in [4.69, 9.17) is 4.42 Å². The topological polar surface area (TPSA) is 25.2 Å². The Hall–Kier alpha value is -1.19. The molecule has 2 aromatic rings. The highest BCUT2D eigenvalue weighted by molar-refractivity contribution is 7.99. The maximum Gasteiger partial charge on any atom is 0.113 e. The number of benzene rings is 1. The largest absolute Gasteiger partial charge is 0.468 e. The quantitative estimate of drug-likeness (QED) is 0.766. The van der Waals surface area contributed by atoms with Crippen LogP contribution in [0.4, 0.5) is 0 Å². The van der Waals surface area contributed by atoms with E-state index in [0.29, 0.717) is 11.3 Å². The van der Waals surface area contributed by atoms with Crippen LogP contribution in [0.15, 0.2) is 53.1 Å². The van der Waals surface area contributed by atoms with Gasteiger partial charge >= 0.3 is 0 Å². The third-order valence-corrected chi connectivity index (χ3v) is 4.56. The van der Waals surface area contributed by atoms with E-state index in [9.17, 15) is 0 Å². The van der Waals surface area contributed by atoms with Crippen molar-refractivity contribution in [3.63, 3.8) is 0 Å². The minimum atomic E-state index is 0.385. The number of nitrogens with one attached hydrogen (secondary N) is 1. The Morgan fingerprint density at radius 3 is 2.60 bits per heavy atom. The molecule has 0 aliphatic carbocycles. The lowest BCUT2D eigenvalue weighted by molar-refractivity contribution is 0.520. The van der Waals surface area contributed by atoms with Crippen LogP contribution in [0.3, 0.4) is 0 Å². The van der Waals surface area contributed by atoms with Crippen molar-refractivity contribution in [2.45, 2.75) is 37.3 Å². The van der Waals surface area contributed by atoms with Crippen LogP contribution in [-0.2, 0) is 5.75 Å². The van der Waals surface area contributed by atoms with Crippen molar-refractivity contribution in [3.05, 3.63) is 60.1 Å². The van der Waals surface area contributed by atoms with E-state index in [1.54, 1.807) is 6.26 Å². The van der Waals surface area contributed by atoms with Gasteiger partial charge in [-0.1, -0.05) is 44.2 Å². The normalized spacial score (nSPS) is 14.1. The van der Waals surface area contributed by atoms with Crippen molar-refractivity contribution in [3.8, 4) is 0 Å². The highest BCUT2D eigenvalue weighted by Gasteiger charge is 2.19. The Morgan fingerprint density at radius 2 is 1.95 bits per heavy atom. The third kappa shape index (κ3) is 4.43. The van der Waals surface area contributed by atoms with Gasteiger partial charge in [0, 0.05) is 11.3 Å². The average Bonchev–Trinajstić information content (AvgIpc) is 3.00. The van der Waals surface area contributed by atoms with Gasteiger partial charge in [0.25, 0.3) is 0 Å². The van der Waals surface area contributed by atoms with E-state index in [2.05, 4.69) is 49.5 Å². The van der Waals surface area contributed by atoms with Crippen LogP contribution in [0.25, 0.3) is 0 Å². The van der Waals surface area contributed by atoms with Crippen LogP contribution >= 0.6 is 11.8 Å². The molecular formula is C17H23NOS. The molecule has 0 aliphatic rings. The number of hydrogen-bond donors (Lipinski definition) is 1. The average molecular weight is 289 g/mol. The molecular weight excluding hydrogens is 266 g/mol.